The second-order valence-corrected chi connectivity index (χ2v) is 5.11. The molecule has 1 atom stereocenters. The summed E-state index contributed by atoms with van der Waals surface area (Å²) in [5.41, 5.74) is 6.38. The molecule has 0 radical (unpaired) electrons. The molecule has 2 rings (SSSR count). The van der Waals surface area contributed by atoms with E-state index in [0.717, 1.165) is 25.0 Å². The average molecular weight is 278 g/mol. The third-order valence-electron chi connectivity index (χ3n) is 3.43. The minimum absolute atomic E-state index is 0.0137. The number of piperidine rings is 1. The SMILES string of the molecule is COc1ccc(C(=O)N2CCCCC2C(N)=S)cc1. The minimum Gasteiger partial charge on any atom is -0.497 e. The fourth-order valence-corrected chi connectivity index (χ4v) is 2.61. The first kappa shape index (κ1) is 13.8. The van der Waals surface area contributed by atoms with E-state index in [1.165, 1.54) is 0 Å². The summed E-state index contributed by atoms with van der Waals surface area (Å²) in [4.78, 5) is 14.7. The summed E-state index contributed by atoms with van der Waals surface area (Å²) in [5, 5.41) is 0. The van der Waals surface area contributed by atoms with Gasteiger partial charge < -0.3 is 15.4 Å². The van der Waals surface area contributed by atoms with Crippen LogP contribution in [0.1, 0.15) is 29.6 Å². The number of nitrogens with two attached hydrogens (primary N) is 1. The Kier molecular flexibility index (Phi) is 4.37. The molecule has 1 heterocycles. The van der Waals surface area contributed by atoms with Gasteiger partial charge in [0.25, 0.3) is 5.91 Å². The fourth-order valence-electron chi connectivity index (χ4n) is 2.37. The first-order valence-corrected chi connectivity index (χ1v) is 6.78. The number of amides is 1. The standard InChI is InChI=1S/C14H18N2O2S/c1-18-11-7-5-10(6-8-11)14(17)16-9-3-2-4-12(16)13(15)19/h5-8,12H,2-4,9H2,1H3,(H2,15,19). The Morgan fingerprint density at radius 3 is 2.63 bits per heavy atom. The van der Waals surface area contributed by atoms with Gasteiger partial charge in [-0.1, -0.05) is 12.2 Å². The average Bonchev–Trinajstić information content (AvgIpc) is 2.46. The summed E-state index contributed by atoms with van der Waals surface area (Å²) < 4.78 is 5.09. The van der Waals surface area contributed by atoms with Crippen molar-refractivity contribution in [2.45, 2.75) is 25.3 Å². The predicted molar refractivity (Wildman–Crippen MR) is 78.5 cm³/mol. The first-order valence-electron chi connectivity index (χ1n) is 6.38. The lowest BCUT2D eigenvalue weighted by molar-refractivity contribution is 0.0681. The molecule has 1 unspecified atom stereocenters. The third-order valence-corrected chi connectivity index (χ3v) is 3.70. The molecule has 0 spiro atoms. The van der Waals surface area contributed by atoms with Crippen molar-refractivity contribution in [3.05, 3.63) is 29.8 Å². The third kappa shape index (κ3) is 3.04. The van der Waals surface area contributed by atoms with Crippen molar-refractivity contribution in [3.63, 3.8) is 0 Å². The molecular weight excluding hydrogens is 260 g/mol. The molecule has 0 aromatic heterocycles. The molecule has 5 heteroatoms. The van der Waals surface area contributed by atoms with Crippen molar-refractivity contribution in [2.24, 2.45) is 5.73 Å². The summed E-state index contributed by atoms with van der Waals surface area (Å²) >= 11 is 5.07. The number of thiocarbonyl (C=S) groups is 1. The van der Waals surface area contributed by atoms with E-state index in [9.17, 15) is 4.79 Å². The fraction of sp³-hybridized carbons (Fsp3) is 0.429. The molecule has 0 saturated carbocycles. The Morgan fingerprint density at radius 1 is 1.37 bits per heavy atom. The molecule has 4 nitrogen and oxygen atoms in total. The van der Waals surface area contributed by atoms with Crippen LogP contribution in [0, 0.1) is 0 Å². The van der Waals surface area contributed by atoms with Crippen LogP contribution in [0.5, 0.6) is 5.75 Å². The molecule has 1 fully saturated rings. The van der Waals surface area contributed by atoms with Gasteiger partial charge in [-0.3, -0.25) is 4.79 Å². The van der Waals surface area contributed by atoms with E-state index >= 15 is 0 Å². The van der Waals surface area contributed by atoms with E-state index in [2.05, 4.69) is 0 Å². The number of hydrogen-bond acceptors (Lipinski definition) is 3. The van der Waals surface area contributed by atoms with Crippen LogP contribution in [0.25, 0.3) is 0 Å². The molecule has 102 valence electrons. The van der Waals surface area contributed by atoms with Gasteiger partial charge in [-0.2, -0.15) is 0 Å². The lowest BCUT2D eigenvalue weighted by Gasteiger charge is -2.35. The van der Waals surface area contributed by atoms with E-state index in [0.29, 0.717) is 17.1 Å². The molecule has 1 aliphatic heterocycles. The molecule has 0 bridgehead atoms. The van der Waals surface area contributed by atoms with Crippen molar-refractivity contribution in [3.8, 4) is 5.75 Å². The Bertz CT molecular complexity index is 473. The minimum atomic E-state index is -0.113. The van der Waals surface area contributed by atoms with E-state index in [1.54, 1.807) is 36.3 Å². The van der Waals surface area contributed by atoms with E-state index in [4.69, 9.17) is 22.7 Å². The van der Waals surface area contributed by atoms with Gasteiger partial charge >= 0.3 is 0 Å². The topological polar surface area (TPSA) is 55.6 Å². The largest absolute Gasteiger partial charge is 0.497 e. The Balaban J connectivity index is 2.18. The van der Waals surface area contributed by atoms with Crippen molar-refractivity contribution >= 4 is 23.1 Å². The van der Waals surface area contributed by atoms with Gasteiger partial charge in [0.2, 0.25) is 0 Å². The summed E-state index contributed by atoms with van der Waals surface area (Å²) in [6.45, 7) is 0.715. The van der Waals surface area contributed by atoms with E-state index in [1.807, 2.05) is 0 Å². The Labute approximate surface area is 118 Å². The van der Waals surface area contributed by atoms with Crippen molar-refractivity contribution < 1.29 is 9.53 Å². The maximum atomic E-state index is 12.5. The smallest absolute Gasteiger partial charge is 0.254 e. The zero-order chi connectivity index (χ0) is 13.8. The highest BCUT2D eigenvalue weighted by molar-refractivity contribution is 7.80. The summed E-state index contributed by atoms with van der Waals surface area (Å²) in [5.74, 6) is 0.723. The maximum absolute atomic E-state index is 12.5. The monoisotopic (exact) mass is 278 g/mol. The normalized spacial score (nSPS) is 19.0. The van der Waals surface area contributed by atoms with Gasteiger partial charge in [0.05, 0.1) is 18.1 Å². The lowest BCUT2D eigenvalue weighted by atomic mass is 10.0. The van der Waals surface area contributed by atoms with Crippen LogP contribution in [0.2, 0.25) is 0 Å². The number of ether oxygens (including phenoxy) is 1. The van der Waals surface area contributed by atoms with Gasteiger partial charge in [0.15, 0.2) is 0 Å². The van der Waals surface area contributed by atoms with Gasteiger partial charge in [-0.25, -0.2) is 0 Å². The summed E-state index contributed by atoms with van der Waals surface area (Å²) in [6.07, 6.45) is 2.92. The van der Waals surface area contributed by atoms with E-state index < -0.39 is 0 Å². The van der Waals surface area contributed by atoms with Gasteiger partial charge in [-0.15, -0.1) is 0 Å². The van der Waals surface area contributed by atoms with Crippen molar-refractivity contribution in [1.82, 2.24) is 4.90 Å². The summed E-state index contributed by atoms with van der Waals surface area (Å²) in [7, 11) is 1.60. The van der Waals surface area contributed by atoms with E-state index in [-0.39, 0.29) is 11.9 Å². The van der Waals surface area contributed by atoms with Crippen molar-refractivity contribution in [2.75, 3.05) is 13.7 Å². The van der Waals surface area contributed by atoms with Gasteiger partial charge in [0.1, 0.15) is 5.75 Å². The maximum Gasteiger partial charge on any atom is 0.254 e. The molecule has 0 aliphatic carbocycles. The highest BCUT2D eigenvalue weighted by Crippen LogP contribution is 2.21. The molecule has 19 heavy (non-hydrogen) atoms. The second kappa shape index (κ2) is 6.02. The van der Waals surface area contributed by atoms with Crippen molar-refractivity contribution in [1.29, 1.82) is 0 Å². The molecule has 1 saturated heterocycles. The summed E-state index contributed by atoms with van der Waals surface area (Å²) in [6, 6.07) is 7.00. The van der Waals surface area contributed by atoms with Gasteiger partial charge in [0, 0.05) is 12.1 Å². The number of carbonyl (C=O) groups excluding carboxylic acids is 1. The van der Waals surface area contributed by atoms with Crippen LogP contribution in [0.4, 0.5) is 0 Å². The Morgan fingerprint density at radius 2 is 2.05 bits per heavy atom. The number of carbonyl (C=O) groups is 1. The second-order valence-electron chi connectivity index (χ2n) is 4.64. The predicted octanol–water partition coefficient (Wildman–Crippen LogP) is 1.98. The molecule has 1 aromatic rings. The number of benzene rings is 1. The van der Waals surface area contributed by atoms with Crippen LogP contribution >= 0.6 is 12.2 Å². The Hall–Kier alpha value is -1.62. The van der Waals surface area contributed by atoms with Crippen LogP contribution < -0.4 is 10.5 Å². The number of hydrogen-bond donors (Lipinski definition) is 1. The first-order chi connectivity index (χ1) is 9.13. The number of nitrogens with zero attached hydrogens (tertiary/aromatic N) is 1. The number of methoxy groups -OCH3 is 1. The van der Waals surface area contributed by atoms with Crippen LogP contribution in [-0.4, -0.2) is 35.5 Å². The highest BCUT2D eigenvalue weighted by atomic mass is 32.1. The molecule has 1 aromatic carbocycles. The highest BCUT2D eigenvalue weighted by Gasteiger charge is 2.29. The molecular formula is C14H18N2O2S. The molecule has 1 amide bonds. The zero-order valence-electron chi connectivity index (χ0n) is 11.0. The van der Waals surface area contributed by atoms with Crippen LogP contribution in [0.3, 0.4) is 0 Å². The molecule has 2 N–H and O–H groups in total. The number of rotatable bonds is 3. The molecule has 1 aliphatic rings. The zero-order valence-corrected chi connectivity index (χ0v) is 11.8. The number of likely N-dealkylation sites (tertiary alicyclic amines) is 1. The van der Waals surface area contributed by atoms with Crippen LogP contribution in [0.15, 0.2) is 24.3 Å². The van der Waals surface area contributed by atoms with Crippen LogP contribution in [-0.2, 0) is 0 Å². The van der Waals surface area contributed by atoms with Gasteiger partial charge in [-0.05, 0) is 43.5 Å². The lowest BCUT2D eigenvalue weighted by Crippen LogP contribution is -2.49. The quantitative estimate of drug-likeness (QED) is 0.859.